The molecule has 0 aliphatic heterocycles. The van der Waals surface area contributed by atoms with E-state index in [-0.39, 0.29) is 42.9 Å². The number of carbonyl (C=O) groups is 4. The second-order valence-corrected chi connectivity index (χ2v) is 9.06. The lowest BCUT2D eigenvalue weighted by molar-refractivity contribution is -0.144. The molecule has 0 aliphatic carbocycles. The highest BCUT2D eigenvalue weighted by Crippen LogP contribution is 2.11. The van der Waals surface area contributed by atoms with Gasteiger partial charge in [0.2, 0.25) is 17.7 Å². The van der Waals surface area contributed by atoms with Crippen LogP contribution in [-0.4, -0.2) is 71.2 Å². The number of hydrogen-bond donors (Lipinski definition) is 8. The Kier molecular flexibility index (Phi) is 14.9. The highest BCUT2D eigenvalue weighted by atomic mass is 32.1. The quantitative estimate of drug-likeness (QED) is 0.0560. The third-order valence-electron chi connectivity index (χ3n) is 5.23. The number of hydrogen-bond acceptors (Lipinski definition) is 7. The number of nitrogens with two attached hydrogens (primary N) is 3. The number of carboxylic acids is 1. The molecule has 13 heteroatoms. The molecular formula is C21H41N7O5S. The molecular weight excluding hydrogens is 462 g/mol. The van der Waals surface area contributed by atoms with Crippen molar-refractivity contribution in [2.75, 3.05) is 12.3 Å². The number of nitrogens with zero attached hydrogens (tertiary/aromatic N) is 1. The molecule has 0 rings (SSSR count). The van der Waals surface area contributed by atoms with Gasteiger partial charge in [-0.05, 0) is 31.1 Å². The number of guanidine groups is 1. The van der Waals surface area contributed by atoms with E-state index in [0.29, 0.717) is 12.8 Å². The molecule has 12 nitrogen and oxygen atoms in total. The third kappa shape index (κ3) is 12.1. The number of carboxylic acid groups (broad SMARTS) is 1. The highest BCUT2D eigenvalue weighted by Gasteiger charge is 2.32. The lowest BCUT2D eigenvalue weighted by Gasteiger charge is -2.27. The van der Waals surface area contributed by atoms with Gasteiger partial charge in [0.1, 0.15) is 18.1 Å². The molecule has 0 heterocycles. The number of aliphatic carboxylic acids is 1. The summed E-state index contributed by atoms with van der Waals surface area (Å²) >= 11 is 4.00. The van der Waals surface area contributed by atoms with Gasteiger partial charge >= 0.3 is 5.97 Å². The first kappa shape index (κ1) is 31.5. The Hall–Kier alpha value is -2.54. The van der Waals surface area contributed by atoms with Crippen LogP contribution in [0.4, 0.5) is 0 Å². The van der Waals surface area contributed by atoms with E-state index < -0.39 is 47.9 Å². The van der Waals surface area contributed by atoms with Crippen molar-refractivity contribution in [3.8, 4) is 0 Å². The molecule has 34 heavy (non-hydrogen) atoms. The van der Waals surface area contributed by atoms with Gasteiger partial charge in [-0.1, -0.05) is 34.1 Å². The van der Waals surface area contributed by atoms with Crippen molar-refractivity contribution >= 4 is 42.3 Å². The van der Waals surface area contributed by atoms with E-state index in [1.165, 1.54) is 0 Å². The van der Waals surface area contributed by atoms with Gasteiger partial charge in [-0.3, -0.25) is 19.4 Å². The van der Waals surface area contributed by atoms with Crippen LogP contribution in [0.1, 0.15) is 53.4 Å². The molecule has 3 amide bonds. The van der Waals surface area contributed by atoms with Crippen LogP contribution in [0.5, 0.6) is 0 Å². The molecule has 196 valence electrons. The van der Waals surface area contributed by atoms with Gasteiger partial charge in [0.05, 0.1) is 6.04 Å². The third-order valence-corrected chi connectivity index (χ3v) is 5.62. The summed E-state index contributed by atoms with van der Waals surface area (Å²) in [5, 5.41) is 17.3. The molecule has 0 fully saturated rings. The van der Waals surface area contributed by atoms with E-state index in [9.17, 15) is 24.3 Å². The van der Waals surface area contributed by atoms with Crippen LogP contribution in [0.25, 0.3) is 0 Å². The normalized spacial score (nSPS) is 15.4. The van der Waals surface area contributed by atoms with Gasteiger partial charge in [0, 0.05) is 12.3 Å². The number of amides is 3. The van der Waals surface area contributed by atoms with Crippen LogP contribution in [0, 0.1) is 11.8 Å². The number of aliphatic imine (C=N–C) groups is 1. The van der Waals surface area contributed by atoms with Crippen LogP contribution in [0.3, 0.4) is 0 Å². The molecule has 0 aromatic carbocycles. The van der Waals surface area contributed by atoms with Crippen molar-refractivity contribution in [2.24, 2.45) is 34.0 Å². The van der Waals surface area contributed by atoms with E-state index in [4.69, 9.17) is 17.2 Å². The van der Waals surface area contributed by atoms with Crippen LogP contribution in [0.2, 0.25) is 0 Å². The maximum Gasteiger partial charge on any atom is 0.326 e. The SMILES string of the molecule is CCC(C)C(NC(=O)C(CC(C)C)NC(=O)C(CCCN=C(N)N)NC(=O)C(N)CS)C(=O)O. The van der Waals surface area contributed by atoms with Crippen LogP contribution >= 0.6 is 12.6 Å². The average molecular weight is 504 g/mol. The van der Waals surface area contributed by atoms with Gasteiger partial charge in [-0.25, -0.2) is 4.79 Å². The maximum absolute atomic E-state index is 13.1. The van der Waals surface area contributed by atoms with Gasteiger partial charge in [0.15, 0.2) is 5.96 Å². The molecule has 0 spiro atoms. The van der Waals surface area contributed by atoms with Crippen molar-refractivity contribution in [1.29, 1.82) is 0 Å². The van der Waals surface area contributed by atoms with E-state index in [1.54, 1.807) is 6.92 Å². The minimum atomic E-state index is -1.15. The number of nitrogens with one attached hydrogen (secondary N) is 3. The summed E-state index contributed by atoms with van der Waals surface area (Å²) in [6.07, 6.45) is 1.39. The largest absolute Gasteiger partial charge is 0.480 e. The Labute approximate surface area is 206 Å². The first-order valence-corrected chi connectivity index (χ1v) is 12.0. The fourth-order valence-corrected chi connectivity index (χ4v) is 3.21. The molecule has 0 radical (unpaired) electrons. The lowest BCUT2D eigenvalue weighted by Crippen LogP contribution is -2.58. The zero-order chi connectivity index (χ0) is 26.4. The zero-order valence-electron chi connectivity index (χ0n) is 20.4. The molecule has 10 N–H and O–H groups in total. The topological polar surface area (TPSA) is 215 Å². The van der Waals surface area contributed by atoms with Crippen molar-refractivity contribution in [2.45, 2.75) is 77.5 Å². The Bertz CT molecular complexity index is 716. The summed E-state index contributed by atoms with van der Waals surface area (Å²) in [6, 6.07) is -4.00. The fraction of sp³-hybridized carbons (Fsp3) is 0.762. The minimum Gasteiger partial charge on any atom is -0.480 e. The van der Waals surface area contributed by atoms with Crippen molar-refractivity contribution in [1.82, 2.24) is 16.0 Å². The lowest BCUT2D eigenvalue weighted by atomic mass is 9.97. The van der Waals surface area contributed by atoms with Gasteiger partial charge in [-0.2, -0.15) is 12.6 Å². The molecule has 0 bridgehead atoms. The Morgan fingerprint density at radius 3 is 2.00 bits per heavy atom. The summed E-state index contributed by atoms with van der Waals surface area (Å²) < 4.78 is 0. The summed E-state index contributed by atoms with van der Waals surface area (Å²) in [5.74, 6) is -3.21. The van der Waals surface area contributed by atoms with Crippen molar-refractivity contribution in [3.63, 3.8) is 0 Å². The molecule has 0 saturated carbocycles. The van der Waals surface area contributed by atoms with Crippen LogP contribution in [-0.2, 0) is 19.2 Å². The van der Waals surface area contributed by atoms with Gasteiger partial charge < -0.3 is 38.3 Å². The smallest absolute Gasteiger partial charge is 0.326 e. The predicted octanol–water partition coefficient (Wildman–Crippen LogP) is -1.07. The molecule has 0 aromatic rings. The molecule has 5 unspecified atom stereocenters. The monoisotopic (exact) mass is 503 g/mol. The van der Waals surface area contributed by atoms with E-state index >= 15 is 0 Å². The Balaban J connectivity index is 5.58. The summed E-state index contributed by atoms with van der Waals surface area (Å²) in [4.78, 5) is 53.7. The maximum atomic E-state index is 13.1. The second-order valence-electron chi connectivity index (χ2n) is 8.70. The molecule has 5 atom stereocenters. The van der Waals surface area contributed by atoms with Crippen molar-refractivity contribution in [3.05, 3.63) is 0 Å². The first-order chi connectivity index (χ1) is 15.8. The van der Waals surface area contributed by atoms with Gasteiger partial charge in [-0.15, -0.1) is 0 Å². The standard InChI is InChI=1S/C21H41N7O5S/c1-5-12(4)16(20(32)33)28-19(31)15(9-11(2)3)27-18(30)14(7-6-8-25-21(23)24)26-17(29)13(22)10-34/h11-16,34H,5-10,22H2,1-4H3,(H,26,29)(H,27,30)(H,28,31)(H,32,33)(H4,23,24,25). The number of thiol groups is 1. The average Bonchev–Trinajstić information content (AvgIpc) is 2.76. The van der Waals surface area contributed by atoms with Crippen molar-refractivity contribution < 1.29 is 24.3 Å². The highest BCUT2D eigenvalue weighted by molar-refractivity contribution is 7.80. The molecule has 0 saturated heterocycles. The number of rotatable bonds is 16. The summed E-state index contributed by atoms with van der Waals surface area (Å²) in [6.45, 7) is 7.53. The Morgan fingerprint density at radius 1 is 0.971 bits per heavy atom. The number of carbonyl (C=O) groups excluding carboxylic acids is 3. The van der Waals surface area contributed by atoms with E-state index in [0.717, 1.165) is 0 Å². The first-order valence-electron chi connectivity index (χ1n) is 11.4. The van der Waals surface area contributed by atoms with Gasteiger partial charge in [0.25, 0.3) is 0 Å². The van der Waals surface area contributed by atoms with E-state index in [2.05, 4.69) is 33.6 Å². The molecule has 0 aromatic heterocycles. The predicted molar refractivity (Wildman–Crippen MR) is 134 cm³/mol. The Morgan fingerprint density at radius 2 is 1.53 bits per heavy atom. The summed E-state index contributed by atoms with van der Waals surface area (Å²) in [5.41, 5.74) is 16.3. The van der Waals surface area contributed by atoms with E-state index in [1.807, 2.05) is 20.8 Å². The van der Waals surface area contributed by atoms with Crippen LogP contribution < -0.4 is 33.2 Å². The summed E-state index contributed by atoms with van der Waals surface area (Å²) in [7, 11) is 0. The second kappa shape index (κ2) is 16.1. The minimum absolute atomic E-state index is 0.0236. The fourth-order valence-electron chi connectivity index (χ4n) is 3.05. The zero-order valence-corrected chi connectivity index (χ0v) is 21.3. The molecule has 0 aliphatic rings. The van der Waals surface area contributed by atoms with Crippen LogP contribution in [0.15, 0.2) is 4.99 Å².